The Kier molecular flexibility index (Phi) is 4.55. The Balaban J connectivity index is 2.41. The van der Waals surface area contributed by atoms with Crippen molar-refractivity contribution >= 4 is 5.69 Å². The van der Waals surface area contributed by atoms with Crippen LogP contribution in [-0.2, 0) is 0 Å². The fourth-order valence-electron chi connectivity index (χ4n) is 2.11. The Labute approximate surface area is 117 Å². The van der Waals surface area contributed by atoms with Crippen molar-refractivity contribution in [3.8, 4) is 5.75 Å². The first-order chi connectivity index (χ1) is 9.65. The van der Waals surface area contributed by atoms with Crippen LogP contribution in [0.1, 0.15) is 24.1 Å². The number of hydrazine groups is 1. The van der Waals surface area contributed by atoms with Crippen molar-refractivity contribution < 1.29 is 9.13 Å². The van der Waals surface area contributed by atoms with Gasteiger partial charge in [-0.15, -0.1) is 0 Å². The summed E-state index contributed by atoms with van der Waals surface area (Å²) in [5.74, 6) is 6.00. The minimum Gasteiger partial charge on any atom is -0.494 e. The highest BCUT2D eigenvalue weighted by atomic mass is 19.1. The first-order valence-corrected chi connectivity index (χ1v) is 6.39. The number of nitrogen functional groups attached to an aromatic ring is 1. The van der Waals surface area contributed by atoms with E-state index in [-0.39, 0.29) is 5.82 Å². The minimum atomic E-state index is -0.397. The molecule has 0 heterocycles. The summed E-state index contributed by atoms with van der Waals surface area (Å²) in [5.41, 5.74) is 10.5. The number of nitrogens with one attached hydrogen (secondary N) is 1. The molecule has 106 valence electrons. The van der Waals surface area contributed by atoms with Crippen molar-refractivity contribution in [1.29, 1.82) is 0 Å². The van der Waals surface area contributed by atoms with Gasteiger partial charge in [0.25, 0.3) is 0 Å². The molecule has 1 atom stereocenters. The lowest BCUT2D eigenvalue weighted by atomic mass is 9.97. The fourth-order valence-corrected chi connectivity index (χ4v) is 2.11. The van der Waals surface area contributed by atoms with Crippen molar-refractivity contribution in [3.05, 3.63) is 59.4 Å². The highest BCUT2D eigenvalue weighted by molar-refractivity contribution is 5.52. The Hall–Kier alpha value is -2.11. The highest BCUT2D eigenvalue weighted by Crippen LogP contribution is 2.28. The quantitative estimate of drug-likeness (QED) is 0.445. The summed E-state index contributed by atoms with van der Waals surface area (Å²) < 4.78 is 18.9. The van der Waals surface area contributed by atoms with Gasteiger partial charge in [0.2, 0.25) is 0 Å². The summed E-state index contributed by atoms with van der Waals surface area (Å²) in [6.45, 7) is 2.49. The third-order valence-corrected chi connectivity index (χ3v) is 3.03. The van der Waals surface area contributed by atoms with Crippen molar-refractivity contribution in [1.82, 2.24) is 5.43 Å². The van der Waals surface area contributed by atoms with Crippen LogP contribution >= 0.6 is 0 Å². The zero-order valence-electron chi connectivity index (χ0n) is 11.3. The first-order valence-electron chi connectivity index (χ1n) is 6.39. The van der Waals surface area contributed by atoms with E-state index in [1.807, 2.05) is 31.2 Å². The van der Waals surface area contributed by atoms with Gasteiger partial charge in [-0.3, -0.25) is 5.84 Å². The summed E-state index contributed by atoms with van der Waals surface area (Å²) in [6.07, 6.45) is 0. The SMILES string of the molecule is CCOc1cccc(C(NN)c2cc(F)ccc2N)c1. The average molecular weight is 275 g/mol. The second-order valence-corrected chi connectivity index (χ2v) is 4.38. The monoisotopic (exact) mass is 275 g/mol. The zero-order valence-corrected chi connectivity index (χ0v) is 11.3. The fraction of sp³-hybridized carbons (Fsp3) is 0.200. The second kappa shape index (κ2) is 6.36. The van der Waals surface area contributed by atoms with Gasteiger partial charge in [0.1, 0.15) is 11.6 Å². The number of anilines is 1. The van der Waals surface area contributed by atoms with E-state index in [0.717, 1.165) is 11.3 Å². The van der Waals surface area contributed by atoms with Crippen molar-refractivity contribution in [2.24, 2.45) is 5.84 Å². The van der Waals surface area contributed by atoms with Gasteiger partial charge >= 0.3 is 0 Å². The summed E-state index contributed by atoms with van der Waals surface area (Å²) in [4.78, 5) is 0. The maximum atomic E-state index is 13.4. The maximum Gasteiger partial charge on any atom is 0.123 e. The second-order valence-electron chi connectivity index (χ2n) is 4.38. The molecule has 5 N–H and O–H groups in total. The molecule has 2 rings (SSSR count). The lowest BCUT2D eigenvalue weighted by Crippen LogP contribution is -2.29. The largest absolute Gasteiger partial charge is 0.494 e. The predicted octanol–water partition coefficient (Wildman–Crippen LogP) is 2.36. The van der Waals surface area contributed by atoms with Crippen molar-refractivity contribution in [2.45, 2.75) is 13.0 Å². The lowest BCUT2D eigenvalue weighted by molar-refractivity contribution is 0.339. The number of halogens is 1. The topological polar surface area (TPSA) is 73.3 Å². The van der Waals surface area contributed by atoms with Crippen LogP contribution in [0.3, 0.4) is 0 Å². The molecule has 0 aliphatic carbocycles. The number of hydrogen-bond donors (Lipinski definition) is 3. The molecule has 0 bridgehead atoms. The number of benzene rings is 2. The molecule has 0 fully saturated rings. The van der Waals surface area contributed by atoms with E-state index in [0.29, 0.717) is 17.9 Å². The molecule has 0 aliphatic rings. The Morgan fingerprint density at radius 2 is 2.05 bits per heavy atom. The molecule has 2 aromatic rings. The predicted molar refractivity (Wildman–Crippen MR) is 77.6 cm³/mol. The number of rotatable bonds is 5. The van der Waals surface area contributed by atoms with Crippen LogP contribution in [0.15, 0.2) is 42.5 Å². The standard InChI is InChI=1S/C15H18FN3O/c1-2-20-12-5-3-4-10(8-12)15(19-18)13-9-11(16)6-7-14(13)17/h3-9,15,19H,2,17-18H2,1H3. The molecule has 1 unspecified atom stereocenters. The van der Waals surface area contributed by atoms with Crippen molar-refractivity contribution in [2.75, 3.05) is 12.3 Å². The highest BCUT2D eigenvalue weighted by Gasteiger charge is 2.16. The van der Waals surface area contributed by atoms with Crippen LogP contribution < -0.4 is 21.7 Å². The number of nitrogens with two attached hydrogens (primary N) is 2. The molecular weight excluding hydrogens is 257 g/mol. The number of ether oxygens (including phenoxy) is 1. The zero-order chi connectivity index (χ0) is 14.5. The molecule has 0 spiro atoms. The molecule has 0 amide bonds. The van der Waals surface area contributed by atoms with E-state index in [4.69, 9.17) is 16.3 Å². The van der Waals surface area contributed by atoms with E-state index in [1.54, 1.807) is 0 Å². The summed E-state index contributed by atoms with van der Waals surface area (Å²) in [5, 5.41) is 0. The van der Waals surface area contributed by atoms with Crippen LogP contribution in [0.4, 0.5) is 10.1 Å². The molecule has 0 aromatic heterocycles. The van der Waals surface area contributed by atoms with Gasteiger partial charge in [-0.05, 0) is 42.8 Å². The lowest BCUT2D eigenvalue weighted by Gasteiger charge is -2.19. The summed E-state index contributed by atoms with van der Waals surface area (Å²) >= 11 is 0. The van der Waals surface area contributed by atoms with Gasteiger partial charge in [0, 0.05) is 11.3 Å². The molecule has 2 aromatic carbocycles. The van der Waals surface area contributed by atoms with Crippen molar-refractivity contribution in [3.63, 3.8) is 0 Å². The maximum absolute atomic E-state index is 13.4. The van der Waals surface area contributed by atoms with E-state index >= 15 is 0 Å². The van der Waals surface area contributed by atoms with E-state index in [2.05, 4.69) is 5.43 Å². The van der Waals surface area contributed by atoms with Gasteiger partial charge < -0.3 is 10.5 Å². The first kappa shape index (κ1) is 14.3. The van der Waals surface area contributed by atoms with Crippen LogP contribution in [0.2, 0.25) is 0 Å². The van der Waals surface area contributed by atoms with Gasteiger partial charge in [-0.25, -0.2) is 9.82 Å². The molecule has 20 heavy (non-hydrogen) atoms. The van der Waals surface area contributed by atoms with E-state index in [9.17, 15) is 4.39 Å². The summed E-state index contributed by atoms with van der Waals surface area (Å²) in [6, 6.07) is 11.3. The third kappa shape index (κ3) is 3.07. The number of hydrogen-bond acceptors (Lipinski definition) is 4. The Bertz CT molecular complexity index is 589. The smallest absolute Gasteiger partial charge is 0.123 e. The van der Waals surface area contributed by atoms with Crippen LogP contribution in [-0.4, -0.2) is 6.61 Å². The molecule has 5 heteroatoms. The van der Waals surface area contributed by atoms with Crippen LogP contribution in [0.5, 0.6) is 5.75 Å². The van der Waals surface area contributed by atoms with E-state index < -0.39 is 6.04 Å². The Morgan fingerprint density at radius 1 is 1.25 bits per heavy atom. The molecule has 4 nitrogen and oxygen atoms in total. The Morgan fingerprint density at radius 3 is 2.75 bits per heavy atom. The minimum absolute atomic E-state index is 0.351. The van der Waals surface area contributed by atoms with Gasteiger partial charge in [-0.2, -0.15) is 0 Å². The molecule has 0 saturated carbocycles. The molecule has 0 radical (unpaired) electrons. The third-order valence-electron chi connectivity index (χ3n) is 3.03. The van der Waals surface area contributed by atoms with E-state index in [1.165, 1.54) is 18.2 Å². The molecular formula is C15H18FN3O. The van der Waals surface area contributed by atoms with Crippen LogP contribution in [0.25, 0.3) is 0 Å². The van der Waals surface area contributed by atoms with Gasteiger partial charge in [0.05, 0.1) is 12.6 Å². The normalized spacial score (nSPS) is 12.2. The average Bonchev–Trinajstić information content (AvgIpc) is 2.44. The van der Waals surface area contributed by atoms with Gasteiger partial charge in [0.15, 0.2) is 0 Å². The van der Waals surface area contributed by atoms with Crippen LogP contribution in [0, 0.1) is 5.82 Å². The van der Waals surface area contributed by atoms with Gasteiger partial charge in [-0.1, -0.05) is 12.1 Å². The molecule has 0 aliphatic heterocycles. The summed E-state index contributed by atoms with van der Waals surface area (Å²) in [7, 11) is 0. The molecule has 0 saturated heterocycles.